The standard InChI is InChI=1S/C18H20N4O2/c1-13-17(14(2)24-21-13)8-18(23)19-9-16-10-20-22(12-16)11-15-6-4-3-5-7-15/h3-7,10,12H,8-9,11H2,1-2H3,(H,19,23). The van der Waals surface area contributed by atoms with Crippen LogP contribution in [0.5, 0.6) is 0 Å². The first-order valence-electron chi connectivity index (χ1n) is 7.85. The number of rotatable bonds is 6. The summed E-state index contributed by atoms with van der Waals surface area (Å²) in [5, 5.41) is 11.1. The van der Waals surface area contributed by atoms with Crippen LogP contribution in [0, 0.1) is 13.8 Å². The lowest BCUT2D eigenvalue weighted by atomic mass is 10.1. The maximum Gasteiger partial charge on any atom is 0.224 e. The second kappa shape index (κ2) is 7.12. The number of carbonyl (C=O) groups excluding carboxylic acids is 1. The van der Waals surface area contributed by atoms with Gasteiger partial charge >= 0.3 is 0 Å². The number of nitrogens with zero attached hydrogens (tertiary/aromatic N) is 3. The molecule has 0 aliphatic rings. The van der Waals surface area contributed by atoms with Crippen LogP contribution >= 0.6 is 0 Å². The van der Waals surface area contributed by atoms with Gasteiger partial charge in [-0.05, 0) is 19.4 Å². The fourth-order valence-corrected chi connectivity index (χ4v) is 2.53. The first kappa shape index (κ1) is 16.0. The number of benzene rings is 1. The zero-order valence-electron chi connectivity index (χ0n) is 13.8. The van der Waals surface area contributed by atoms with Crippen molar-refractivity contribution >= 4 is 5.91 Å². The maximum absolute atomic E-state index is 12.1. The number of aryl methyl sites for hydroxylation is 2. The highest BCUT2D eigenvalue weighted by Crippen LogP contribution is 2.12. The summed E-state index contributed by atoms with van der Waals surface area (Å²) in [6, 6.07) is 10.1. The van der Waals surface area contributed by atoms with Crippen LogP contribution in [-0.2, 0) is 24.3 Å². The largest absolute Gasteiger partial charge is 0.361 e. The minimum absolute atomic E-state index is 0.0554. The van der Waals surface area contributed by atoms with Gasteiger partial charge in [0.25, 0.3) is 0 Å². The molecule has 0 radical (unpaired) electrons. The summed E-state index contributed by atoms with van der Waals surface area (Å²) in [6.07, 6.45) is 4.00. The van der Waals surface area contributed by atoms with Crippen molar-refractivity contribution in [2.24, 2.45) is 0 Å². The summed E-state index contributed by atoms with van der Waals surface area (Å²) in [5.41, 5.74) is 3.78. The summed E-state index contributed by atoms with van der Waals surface area (Å²) in [5.74, 6) is 0.638. The van der Waals surface area contributed by atoms with Gasteiger partial charge in [0.2, 0.25) is 5.91 Å². The average Bonchev–Trinajstić information content (AvgIpc) is 3.15. The van der Waals surface area contributed by atoms with Crippen molar-refractivity contribution in [2.75, 3.05) is 0 Å². The van der Waals surface area contributed by atoms with Crippen LogP contribution in [-0.4, -0.2) is 20.8 Å². The first-order chi connectivity index (χ1) is 11.6. The molecule has 2 heterocycles. The van der Waals surface area contributed by atoms with E-state index in [0.717, 1.165) is 16.8 Å². The van der Waals surface area contributed by atoms with E-state index in [-0.39, 0.29) is 12.3 Å². The molecule has 0 saturated carbocycles. The van der Waals surface area contributed by atoms with Crippen molar-refractivity contribution in [3.63, 3.8) is 0 Å². The number of hydrogen-bond donors (Lipinski definition) is 1. The van der Waals surface area contributed by atoms with Gasteiger partial charge < -0.3 is 9.84 Å². The van der Waals surface area contributed by atoms with Gasteiger partial charge in [-0.15, -0.1) is 0 Å². The predicted octanol–water partition coefficient (Wildman–Crippen LogP) is 2.40. The molecule has 0 aliphatic carbocycles. The zero-order valence-corrected chi connectivity index (χ0v) is 13.8. The number of nitrogens with one attached hydrogen (secondary N) is 1. The first-order valence-corrected chi connectivity index (χ1v) is 7.85. The molecule has 0 fully saturated rings. The molecule has 0 saturated heterocycles. The highest BCUT2D eigenvalue weighted by Gasteiger charge is 2.13. The second-order valence-corrected chi connectivity index (χ2v) is 5.79. The smallest absolute Gasteiger partial charge is 0.224 e. The van der Waals surface area contributed by atoms with Gasteiger partial charge in [-0.3, -0.25) is 9.48 Å². The Labute approximate surface area is 140 Å². The Hall–Kier alpha value is -2.89. The fraction of sp³-hybridized carbons (Fsp3) is 0.278. The minimum atomic E-state index is -0.0554. The molecule has 1 N–H and O–H groups in total. The summed E-state index contributed by atoms with van der Waals surface area (Å²) in [7, 11) is 0. The predicted molar refractivity (Wildman–Crippen MR) is 89.3 cm³/mol. The molecule has 0 bridgehead atoms. The fourth-order valence-electron chi connectivity index (χ4n) is 2.53. The lowest BCUT2D eigenvalue weighted by Crippen LogP contribution is -2.24. The molecule has 0 spiro atoms. The van der Waals surface area contributed by atoms with Crippen LogP contribution in [0.25, 0.3) is 0 Å². The number of carbonyl (C=O) groups is 1. The number of aromatic nitrogens is 3. The lowest BCUT2D eigenvalue weighted by molar-refractivity contribution is -0.120. The molecule has 6 heteroatoms. The maximum atomic E-state index is 12.1. The third-order valence-electron chi connectivity index (χ3n) is 3.88. The van der Waals surface area contributed by atoms with Crippen molar-refractivity contribution < 1.29 is 9.32 Å². The Morgan fingerprint density at radius 2 is 2.00 bits per heavy atom. The van der Waals surface area contributed by atoms with Crippen molar-refractivity contribution in [3.05, 3.63) is 70.9 Å². The van der Waals surface area contributed by atoms with Crippen molar-refractivity contribution in [1.29, 1.82) is 0 Å². The molecule has 0 atom stereocenters. The quantitative estimate of drug-likeness (QED) is 0.755. The van der Waals surface area contributed by atoms with E-state index < -0.39 is 0 Å². The van der Waals surface area contributed by atoms with Crippen molar-refractivity contribution in [2.45, 2.75) is 33.4 Å². The van der Waals surface area contributed by atoms with Crippen LogP contribution < -0.4 is 5.32 Å². The second-order valence-electron chi connectivity index (χ2n) is 5.79. The van der Waals surface area contributed by atoms with Crippen LogP contribution in [0.3, 0.4) is 0 Å². The van der Waals surface area contributed by atoms with Crippen LogP contribution in [0.1, 0.15) is 28.1 Å². The third-order valence-corrected chi connectivity index (χ3v) is 3.88. The van der Waals surface area contributed by atoms with E-state index in [1.807, 2.05) is 42.9 Å². The van der Waals surface area contributed by atoms with Gasteiger partial charge in [-0.2, -0.15) is 5.10 Å². The molecule has 1 amide bonds. The molecule has 2 aromatic heterocycles. The molecule has 0 unspecified atom stereocenters. The van der Waals surface area contributed by atoms with E-state index in [4.69, 9.17) is 4.52 Å². The van der Waals surface area contributed by atoms with E-state index in [1.54, 1.807) is 6.20 Å². The Morgan fingerprint density at radius 1 is 1.21 bits per heavy atom. The Bertz CT molecular complexity index is 801. The Balaban J connectivity index is 1.53. The molecule has 1 aromatic carbocycles. The average molecular weight is 324 g/mol. The van der Waals surface area contributed by atoms with Crippen molar-refractivity contribution in [1.82, 2.24) is 20.3 Å². The van der Waals surface area contributed by atoms with Crippen LogP contribution in [0.15, 0.2) is 47.2 Å². The molecular formula is C18H20N4O2. The molecule has 0 aliphatic heterocycles. The molecule has 6 nitrogen and oxygen atoms in total. The topological polar surface area (TPSA) is 73.0 Å². The molecular weight excluding hydrogens is 304 g/mol. The molecule has 124 valence electrons. The highest BCUT2D eigenvalue weighted by molar-refractivity contribution is 5.78. The van der Waals surface area contributed by atoms with E-state index in [1.165, 1.54) is 5.56 Å². The summed E-state index contributed by atoms with van der Waals surface area (Å²) < 4.78 is 6.94. The summed E-state index contributed by atoms with van der Waals surface area (Å²) >= 11 is 0. The van der Waals surface area contributed by atoms with Gasteiger partial charge in [0.05, 0.1) is 24.9 Å². The van der Waals surface area contributed by atoms with E-state index >= 15 is 0 Å². The molecule has 24 heavy (non-hydrogen) atoms. The summed E-state index contributed by atoms with van der Waals surface area (Å²) in [4.78, 5) is 12.1. The lowest BCUT2D eigenvalue weighted by Gasteiger charge is -2.03. The van der Waals surface area contributed by atoms with Crippen LogP contribution in [0.4, 0.5) is 0 Å². The minimum Gasteiger partial charge on any atom is -0.361 e. The molecule has 3 aromatic rings. The van der Waals surface area contributed by atoms with Crippen molar-refractivity contribution in [3.8, 4) is 0 Å². The van der Waals surface area contributed by atoms with Gasteiger partial charge in [-0.1, -0.05) is 35.5 Å². The van der Waals surface area contributed by atoms with E-state index in [0.29, 0.717) is 18.8 Å². The number of amides is 1. The van der Waals surface area contributed by atoms with Gasteiger partial charge in [0, 0.05) is 23.9 Å². The van der Waals surface area contributed by atoms with Gasteiger partial charge in [0.1, 0.15) is 5.76 Å². The Morgan fingerprint density at radius 3 is 2.71 bits per heavy atom. The normalized spacial score (nSPS) is 10.8. The molecule has 3 rings (SSSR count). The monoisotopic (exact) mass is 324 g/mol. The van der Waals surface area contributed by atoms with Gasteiger partial charge in [-0.25, -0.2) is 0 Å². The van der Waals surface area contributed by atoms with E-state index in [2.05, 4.69) is 27.7 Å². The summed E-state index contributed by atoms with van der Waals surface area (Å²) in [6.45, 7) is 4.83. The Kier molecular flexibility index (Phi) is 4.74. The number of hydrogen-bond acceptors (Lipinski definition) is 4. The highest BCUT2D eigenvalue weighted by atomic mass is 16.5. The van der Waals surface area contributed by atoms with E-state index in [9.17, 15) is 4.79 Å². The van der Waals surface area contributed by atoms with Crippen LogP contribution in [0.2, 0.25) is 0 Å². The SMILES string of the molecule is Cc1noc(C)c1CC(=O)NCc1cnn(Cc2ccccc2)c1. The van der Waals surface area contributed by atoms with Gasteiger partial charge in [0.15, 0.2) is 0 Å². The third kappa shape index (κ3) is 3.90. The zero-order chi connectivity index (χ0) is 16.9.